The summed E-state index contributed by atoms with van der Waals surface area (Å²) in [6.07, 6.45) is 2.36. The van der Waals surface area contributed by atoms with Crippen molar-refractivity contribution in [3.63, 3.8) is 0 Å². The minimum Gasteiger partial charge on any atom is -0.353 e. The van der Waals surface area contributed by atoms with Gasteiger partial charge in [0, 0.05) is 11.7 Å². The fraction of sp³-hybridized carbons (Fsp3) is 0.333. The van der Waals surface area contributed by atoms with Gasteiger partial charge in [0.1, 0.15) is 5.82 Å². The summed E-state index contributed by atoms with van der Waals surface area (Å²) in [5.74, 6) is 1.27. The zero-order chi connectivity index (χ0) is 19.7. The average molecular weight is 395 g/mol. The molecular formula is C21H22N4O2S. The number of aryl methyl sites for hydroxylation is 1. The number of carbonyl (C=O) groups excluding carboxylic acids is 1. The highest BCUT2D eigenvalue weighted by Gasteiger charge is 2.29. The normalized spacial score (nSPS) is 14.8. The van der Waals surface area contributed by atoms with Crippen LogP contribution in [0.3, 0.4) is 0 Å². The van der Waals surface area contributed by atoms with Crippen LogP contribution in [0.2, 0.25) is 0 Å². The first-order chi connectivity index (χ1) is 13.5. The first kappa shape index (κ1) is 18.7. The Morgan fingerprint density at radius 2 is 2.00 bits per heavy atom. The lowest BCUT2D eigenvalue weighted by atomic mass is 10.2. The number of para-hydroxylation sites is 1. The summed E-state index contributed by atoms with van der Waals surface area (Å²) in [5, 5.41) is 4.04. The number of fused-ring (bicyclic) bond motifs is 1. The molecule has 0 saturated heterocycles. The van der Waals surface area contributed by atoms with Crippen LogP contribution in [0, 0.1) is 12.8 Å². The molecule has 1 atom stereocenters. The van der Waals surface area contributed by atoms with Crippen molar-refractivity contribution in [1.29, 1.82) is 0 Å². The summed E-state index contributed by atoms with van der Waals surface area (Å²) in [4.78, 5) is 34.6. The highest BCUT2D eigenvalue weighted by Crippen LogP contribution is 2.32. The highest BCUT2D eigenvalue weighted by atomic mass is 32.2. The molecule has 1 unspecified atom stereocenters. The number of nitrogens with one attached hydrogen (secondary N) is 1. The number of benzene rings is 1. The summed E-state index contributed by atoms with van der Waals surface area (Å²) < 4.78 is 1.50. The third-order valence-electron chi connectivity index (χ3n) is 4.90. The molecule has 1 aromatic carbocycles. The summed E-state index contributed by atoms with van der Waals surface area (Å²) in [5.41, 5.74) is 1.24. The minimum absolute atomic E-state index is 0.0458. The number of nitrogens with zero attached hydrogens (tertiary/aromatic N) is 3. The van der Waals surface area contributed by atoms with E-state index >= 15 is 0 Å². The maximum atomic E-state index is 13.2. The maximum absolute atomic E-state index is 13.2. The standard InChI is InChI=1S/C21H22N4O2S/c1-13-6-5-9-18(22-13)25-20(27)16-7-3-4-8-17(16)24-21(25)28-12-19(26)23-14(2)15-10-11-15/h3-9,14-15H,10-12H2,1-2H3,(H,23,26). The Morgan fingerprint density at radius 3 is 2.75 bits per heavy atom. The van der Waals surface area contributed by atoms with E-state index in [9.17, 15) is 9.59 Å². The number of rotatable bonds is 6. The second kappa shape index (κ2) is 7.75. The molecule has 0 radical (unpaired) electrons. The van der Waals surface area contributed by atoms with Crippen LogP contribution >= 0.6 is 11.8 Å². The van der Waals surface area contributed by atoms with E-state index < -0.39 is 0 Å². The average Bonchev–Trinajstić information content (AvgIpc) is 3.52. The predicted octanol–water partition coefficient (Wildman–Crippen LogP) is 3.10. The van der Waals surface area contributed by atoms with Crippen molar-refractivity contribution in [2.24, 2.45) is 5.92 Å². The van der Waals surface area contributed by atoms with Crippen LogP contribution in [0.1, 0.15) is 25.5 Å². The van der Waals surface area contributed by atoms with Crippen LogP contribution in [0.5, 0.6) is 0 Å². The van der Waals surface area contributed by atoms with Gasteiger partial charge in [0.25, 0.3) is 5.56 Å². The van der Waals surface area contributed by atoms with Gasteiger partial charge in [0.05, 0.1) is 16.7 Å². The Hall–Kier alpha value is -2.67. The van der Waals surface area contributed by atoms with Crippen molar-refractivity contribution >= 4 is 28.6 Å². The minimum atomic E-state index is -0.182. The third kappa shape index (κ3) is 3.94. The van der Waals surface area contributed by atoms with Crippen molar-refractivity contribution < 1.29 is 4.79 Å². The first-order valence-corrected chi connectivity index (χ1v) is 10.4. The number of pyridine rings is 1. The van der Waals surface area contributed by atoms with Crippen LogP contribution in [0.25, 0.3) is 16.7 Å². The number of aromatic nitrogens is 3. The molecule has 6 nitrogen and oxygen atoms in total. The van der Waals surface area contributed by atoms with E-state index in [0.717, 1.165) is 5.69 Å². The number of amides is 1. The van der Waals surface area contributed by atoms with Gasteiger partial charge in [0.2, 0.25) is 5.91 Å². The van der Waals surface area contributed by atoms with Crippen LogP contribution in [0.15, 0.2) is 52.4 Å². The van der Waals surface area contributed by atoms with Gasteiger partial charge in [-0.2, -0.15) is 0 Å². The van der Waals surface area contributed by atoms with Crippen molar-refractivity contribution in [3.05, 3.63) is 58.5 Å². The number of hydrogen-bond donors (Lipinski definition) is 1. The van der Waals surface area contributed by atoms with Gasteiger partial charge in [-0.3, -0.25) is 9.59 Å². The molecular weight excluding hydrogens is 372 g/mol. The zero-order valence-corrected chi connectivity index (χ0v) is 16.7. The molecule has 7 heteroatoms. The maximum Gasteiger partial charge on any atom is 0.267 e. The molecule has 2 aromatic heterocycles. The molecule has 4 rings (SSSR count). The lowest BCUT2D eigenvalue weighted by Gasteiger charge is -2.14. The molecule has 0 spiro atoms. The van der Waals surface area contributed by atoms with Gasteiger partial charge in [-0.1, -0.05) is 30.0 Å². The lowest BCUT2D eigenvalue weighted by molar-refractivity contribution is -0.119. The fourth-order valence-electron chi connectivity index (χ4n) is 3.20. The van der Waals surface area contributed by atoms with Crippen molar-refractivity contribution in [3.8, 4) is 5.82 Å². The molecule has 28 heavy (non-hydrogen) atoms. The van der Waals surface area contributed by atoms with Crippen LogP contribution in [0.4, 0.5) is 0 Å². The van der Waals surface area contributed by atoms with Gasteiger partial charge in [-0.05, 0) is 56.9 Å². The topological polar surface area (TPSA) is 76.9 Å². The van der Waals surface area contributed by atoms with Gasteiger partial charge in [-0.15, -0.1) is 0 Å². The largest absolute Gasteiger partial charge is 0.353 e. The van der Waals surface area contributed by atoms with E-state index in [-0.39, 0.29) is 23.3 Å². The molecule has 3 aromatic rings. The van der Waals surface area contributed by atoms with Crippen molar-refractivity contribution in [2.45, 2.75) is 37.9 Å². The lowest BCUT2D eigenvalue weighted by Crippen LogP contribution is -2.35. The van der Waals surface area contributed by atoms with E-state index in [1.165, 1.54) is 29.2 Å². The van der Waals surface area contributed by atoms with Gasteiger partial charge >= 0.3 is 0 Å². The molecule has 1 amide bonds. The molecule has 0 aliphatic heterocycles. The number of hydrogen-bond acceptors (Lipinski definition) is 5. The number of carbonyl (C=O) groups is 1. The molecule has 144 valence electrons. The Morgan fingerprint density at radius 1 is 1.21 bits per heavy atom. The fourth-order valence-corrected chi connectivity index (χ4v) is 4.02. The van der Waals surface area contributed by atoms with Gasteiger partial charge < -0.3 is 5.32 Å². The van der Waals surface area contributed by atoms with Crippen LogP contribution < -0.4 is 10.9 Å². The summed E-state index contributed by atoms with van der Waals surface area (Å²) in [6, 6.07) is 12.9. The molecule has 1 N–H and O–H groups in total. The summed E-state index contributed by atoms with van der Waals surface area (Å²) in [6.45, 7) is 3.92. The molecule has 1 saturated carbocycles. The summed E-state index contributed by atoms with van der Waals surface area (Å²) in [7, 11) is 0. The molecule has 0 bridgehead atoms. The van der Waals surface area contributed by atoms with Gasteiger partial charge in [-0.25, -0.2) is 14.5 Å². The molecule has 1 aliphatic carbocycles. The van der Waals surface area contributed by atoms with E-state index in [1.807, 2.05) is 44.2 Å². The monoisotopic (exact) mass is 394 g/mol. The van der Waals surface area contributed by atoms with E-state index in [0.29, 0.717) is 27.8 Å². The third-order valence-corrected chi connectivity index (χ3v) is 5.84. The Kier molecular flexibility index (Phi) is 5.17. The smallest absolute Gasteiger partial charge is 0.267 e. The predicted molar refractivity (Wildman–Crippen MR) is 111 cm³/mol. The molecule has 1 fully saturated rings. The second-order valence-corrected chi connectivity index (χ2v) is 8.11. The second-order valence-electron chi connectivity index (χ2n) is 7.17. The van der Waals surface area contributed by atoms with E-state index in [1.54, 1.807) is 12.1 Å². The van der Waals surface area contributed by atoms with Crippen LogP contribution in [-0.4, -0.2) is 32.2 Å². The molecule has 2 heterocycles. The highest BCUT2D eigenvalue weighted by molar-refractivity contribution is 7.99. The van der Waals surface area contributed by atoms with E-state index in [2.05, 4.69) is 15.3 Å². The van der Waals surface area contributed by atoms with Crippen molar-refractivity contribution in [1.82, 2.24) is 19.9 Å². The Balaban J connectivity index is 1.68. The molecule has 1 aliphatic rings. The van der Waals surface area contributed by atoms with E-state index in [4.69, 9.17) is 0 Å². The first-order valence-electron chi connectivity index (χ1n) is 9.41. The van der Waals surface area contributed by atoms with Gasteiger partial charge in [0.15, 0.2) is 5.16 Å². The van der Waals surface area contributed by atoms with Crippen LogP contribution in [-0.2, 0) is 4.79 Å². The SMILES string of the molecule is Cc1cccc(-n2c(SCC(=O)NC(C)C3CC3)nc3ccccc3c2=O)n1. The Labute approximate surface area is 167 Å². The Bertz CT molecular complexity index is 1090. The van der Waals surface area contributed by atoms with Crippen molar-refractivity contribution in [2.75, 3.05) is 5.75 Å². The zero-order valence-electron chi connectivity index (χ0n) is 15.9. The summed E-state index contributed by atoms with van der Waals surface area (Å²) >= 11 is 1.26. The number of thioether (sulfide) groups is 1. The quantitative estimate of drug-likeness (QED) is 0.514.